The lowest BCUT2D eigenvalue weighted by atomic mass is 10.1. The summed E-state index contributed by atoms with van der Waals surface area (Å²) in [5, 5.41) is 3.37. The van der Waals surface area contributed by atoms with Crippen molar-refractivity contribution in [3.05, 3.63) is 29.6 Å². The average molecular weight is 208 g/mol. The normalized spacial score (nSPS) is 11.7. The molecule has 1 aromatic rings. The Hall–Kier alpha value is -0.930. The molecule has 0 bridgehead atoms. The van der Waals surface area contributed by atoms with E-state index in [2.05, 4.69) is 31.1 Å². The monoisotopic (exact) mass is 208 g/mol. The molecule has 0 aliphatic heterocycles. The molecule has 1 N–H and O–H groups in total. The first kappa shape index (κ1) is 12.1. The minimum Gasteiger partial charge on any atom is -0.377 e. The van der Waals surface area contributed by atoms with Crippen molar-refractivity contribution in [2.24, 2.45) is 0 Å². The number of aromatic nitrogens is 1. The Balaban J connectivity index is 2.42. The summed E-state index contributed by atoms with van der Waals surface area (Å²) in [7, 11) is 1.73. The molecule has 84 valence electrons. The van der Waals surface area contributed by atoms with Crippen LogP contribution in [0.1, 0.15) is 25.0 Å². The molecule has 1 rings (SSSR count). The van der Waals surface area contributed by atoms with Gasteiger partial charge in [0.25, 0.3) is 0 Å². The van der Waals surface area contributed by atoms with Crippen molar-refractivity contribution in [3.63, 3.8) is 0 Å². The molecule has 1 heterocycles. The van der Waals surface area contributed by atoms with Gasteiger partial charge in [0.2, 0.25) is 0 Å². The maximum atomic E-state index is 5.33. The highest BCUT2D eigenvalue weighted by molar-refractivity contribution is 5.20. The average Bonchev–Trinajstić information content (AvgIpc) is 2.21. The molecule has 0 saturated carbocycles. The predicted molar refractivity (Wildman–Crippen MR) is 61.8 cm³/mol. The highest BCUT2D eigenvalue weighted by Gasteiger charge is 2.15. The lowest BCUT2D eigenvalue weighted by Crippen LogP contribution is -2.36. The van der Waals surface area contributed by atoms with Crippen LogP contribution in [0.3, 0.4) is 0 Å². The Morgan fingerprint density at radius 2 is 2.20 bits per heavy atom. The van der Waals surface area contributed by atoms with Gasteiger partial charge in [-0.3, -0.25) is 4.98 Å². The van der Waals surface area contributed by atoms with Crippen LogP contribution in [0.2, 0.25) is 0 Å². The zero-order valence-corrected chi connectivity index (χ0v) is 10.0. The van der Waals surface area contributed by atoms with Gasteiger partial charge in [-0.15, -0.1) is 0 Å². The molecule has 0 aliphatic rings. The van der Waals surface area contributed by atoms with Crippen LogP contribution in [0, 0.1) is 6.92 Å². The lowest BCUT2D eigenvalue weighted by Gasteiger charge is -2.23. The molecular formula is C12H20N2O. The molecule has 0 amide bonds. The SMILES string of the molecule is COC(C)(C)CNCc1cnccc1C. The number of nitrogens with one attached hydrogen (secondary N) is 1. The molecule has 0 unspecified atom stereocenters. The molecule has 0 spiro atoms. The van der Waals surface area contributed by atoms with Gasteiger partial charge in [-0.05, 0) is 38.0 Å². The maximum Gasteiger partial charge on any atom is 0.0746 e. The summed E-state index contributed by atoms with van der Waals surface area (Å²) in [4.78, 5) is 4.11. The summed E-state index contributed by atoms with van der Waals surface area (Å²) in [6.07, 6.45) is 3.72. The first-order chi connectivity index (χ1) is 7.05. The van der Waals surface area contributed by atoms with E-state index in [4.69, 9.17) is 4.74 Å². The molecule has 3 nitrogen and oxygen atoms in total. The second-order valence-electron chi connectivity index (χ2n) is 4.37. The number of hydrogen-bond donors (Lipinski definition) is 1. The van der Waals surface area contributed by atoms with Crippen LogP contribution >= 0.6 is 0 Å². The van der Waals surface area contributed by atoms with Crippen molar-refractivity contribution < 1.29 is 4.74 Å². The first-order valence-corrected chi connectivity index (χ1v) is 5.20. The smallest absolute Gasteiger partial charge is 0.0746 e. The Morgan fingerprint density at radius 3 is 2.80 bits per heavy atom. The molecule has 0 aliphatic carbocycles. The van der Waals surface area contributed by atoms with E-state index in [9.17, 15) is 0 Å². The Kier molecular flexibility index (Phi) is 4.24. The van der Waals surface area contributed by atoms with Crippen molar-refractivity contribution in [2.75, 3.05) is 13.7 Å². The minimum atomic E-state index is -0.115. The zero-order chi connectivity index (χ0) is 11.3. The van der Waals surface area contributed by atoms with Crippen LogP contribution in [-0.4, -0.2) is 24.2 Å². The summed E-state index contributed by atoms with van der Waals surface area (Å²) in [6.45, 7) is 7.90. The van der Waals surface area contributed by atoms with E-state index < -0.39 is 0 Å². The molecule has 1 aromatic heterocycles. The van der Waals surface area contributed by atoms with E-state index >= 15 is 0 Å². The topological polar surface area (TPSA) is 34.1 Å². The summed E-state index contributed by atoms with van der Waals surface area (Å²) in [6, 6.07) is 2.03. The van der Waals surface area contributed by atoms with Crippen molar-refractivity contribution in [3.8, 4) is 0 Å². The van der Waals surface area contributed by atoms with Gasteiger partial charge in [0.05, 0.1) is 5.60 Å². The van der Waals surface area contributed by atoms with Crippen LogP contribution in [0.15, 0.2) is 18.5 Å². The Bertz CT molecular complexity index is 310. The number of nitrogens with zero attached hydrogens (tertiary/aromatic N) is 1. The van der Waals surface area contributed by atoms with Gasteiger partial charge in [-0.25, -0.2) is 0 Å². The van der Waals surface area contributed by atoms with Gasteiger partial charge in [0.1, 0.15) is 0 Å². The van der Waals surface area contributed by atoms with Gasteiger partial charge in [0.15, 0.2) is 0 Å². The number of rotatable bonds is 5. The van der Waals surface area contributed by atoms with E-state index in [0.717, 1.165) is 13.1 Å². The number of aryl methyl sites for hydroxylation is 1. The van der Waals surface area contributed by atoms with Crippen LogP contribution < -0.4 is 5.32 Å². The number of pyridine rings is 1. The highest BCUT2D eigenvalue weighted by Crippen LogP contribution is 2.07. The number of hydrogen-bond acceptors (Lipinski definition) is 3. The van der Waals surface area contributed by atoms with Crippen molar-refractivity contribution in [1.29, 1.82) is 0 Å². The third-order valence-corrected chi connectivity index (χ3v) is 2.57. The summed E-state index contributed by atoms with van der Waals surface area (Å²) >= 11 is 0. The highest BCUT2D eigenvalue weighted by atomic mass is 16.5. The van der Waals surface area contributed by atoms with E-state index in [1.165, 1.54) is 11.1 Å². The first-order valence-electron chi connectivity index (χ1n) is 5.20. The maximum absolute atomic E-state index is 5.33. The molecular weight excluding hydrogens is 188 g/mol. The standard InChI is InChI=1S/C12H20N2O/c1-10-5-6-13-7-11(10)8-14-9-12(2,3)15-4/h5-7,14H,8-9H2,1-4H3. The molecule has 0 fully saturated rings. The number of methoxy groups -OCH3 is 1. The third kappa shape index (κ3) is 3.98. The molecule has 0 atom stereocenters. The van der Waals surface area contributed by atoms with Crippen molar-refractivity contribution in [2.45, 2.75) is 32.9 Å². The fraction of sp³-hybridized carbons (Fsp3) is 0.583. The quantitative estimate of drug-likeness (QED) is 0.802. The van der Waals surface area contributed by atoms with Gasteiger partial charge >= 0.3 is 0 Å². The van der Waals surface area contributed by atoms with Crippen LogP contribution in [0.5, 0.6) is 0 Å². The summed E-state index contributed by atoms with van der Waals surface area (Å²) in [5.74, 6) is 0. The van der Waals surface area contributed by atoms with Gasteiger partial charge in [-0.2, -0.15) is 0 Å². The van der Waals surface area contributed by atoms with E-state index in [-0.39, 0.29) is 5.60 Å². The van der Waals surface area contributed by atoms with E-state index in [1.54, 1.807) is 7.11 Å². The largest absolute Gasteiger partial charge is 0.377 e. The molecule has 0 radical (unpaired) electrons. The van der Waals surface area contributed by atoms with Gasteiger partial charge in [-0.1, -0.05) is 0 Å². The molecule has 0 aromatic carbocycles. The number of ether oxygens (including phenoxy) is 1. The fourth-order valence-corrected chi connectivity index (χ4v) is 1.25. The molecule has 3 heteroatoms. The summed E-state index contributed by atoms with van der Waals surface area (Å²) < 4.78 is 5.33. The van der Waals surface area contributed by atoms with Crippen molar-refractivity contribution in [1.82, 2.24) is 10.3 Å². The second kappa shape index (κ2) is 5.24. The molecule has 15 heavy (non-hydrogen) atoms. The van der Waals surface area contributed by atoms with Crippen molar-refractivity contribution >= 4 is 0 Å². The van der Waals surface area contributed by atoms with E-state index in [0.29, 0.717) is 0 Å². The van der Waals surface area contributed by atoms with Gasteiger partial charge < -0.3 is 10.1 Å². The van der Waals surface area contributed by atoms with Gasteiger partial charge in [0, 0.05) is 32.6 Å². The lowest BCUT2D eigenvalue weighted by molar-refractivity contribution is 0.0230. The Labute approximate surface area is 91.9 Å². The Morgan fingerprint density at radius 1 is 1.47 bits per heavy atom. The van der Waals surface area contributed by atoms with Crippen LogP contribution in [-0.2, 0) is 11.3 Å². The van der Waals surface area contributed by atoms with Crippen LogP contribution in [0.25, 0.3) is 0 Å². The van der Waals surface area contributed by atoms with E-state index in [1.807, 2.05) is 18.5 Å². The second-order valence-corrected chi connectivity index (χ2v) is 4.37. The summed E-state index contributed by atoms with van der Waals surface area (Å²) in [5.41, 5.74) is 2.40. The third-order valence-electron chi connectivity index (χ3n) is 2.57. The zero-order valence-electron chi connectivity index (χ0n) is 10.0. The van der Waals surface area contributed by atoms with Crippen LogP contribution in [0.4, 0.5) is 0 Å². The molecule has 0 saturated heterocycles. The predicted octanol–water partition coefficient (Wildman–Crippen LogP) is 1.90. The fourth-order valence-electron chi connectivity index (χ4n) is 1.25. The minimum absolute atomic E-state index is 0.115.